The summed E-state index contributed by atoms with van der Waals surface area (Å²) in [5.41, 5.74) is 0. The first-order valence-electron chi connectivity index (χ1n) is 9.56. The van der Waals surface area contributed by atoms with Crippen LogP contribution in [0.4, 0.5) is 0 Å². The van der Waals surface area contributed by atoms with Crippen molar-refractivity contribution in [3.63, 3.8) is 0 Å². The summed E-state index contributed by atoms with van der Waals surface area (Å²) in [6.45, 7) is 11.5. The van der Waals surface area contributed by atoms with Crippen molar-refractivity contribution in [1.29, 1.82) is 0 Å². The van der Waals surface area contributed by atoms with E-state index in [1.54, 1.807) is 6.92 Å². The van der Waals surface area contributed by atoms with E-state index in [9.17, 15) is 4.79 Å². The van der Waals surface area contributed by atoms with E-state index in [0.29, 0.717) is 51.1 Å². The number of morpholine rings is 1. The molecule has 0 spiro atoms. The van der Waals surface area contributed by atoms with Crippen LogP contribution in [0.3, 0.4) is 0 Å². The van der Waals surface area contributed by atoms with E-state index < -0.39 is 0 Å². The van der Waals surface area contributed by atoms with Gasteiger partial charge in [-0.3, -0.25) is 9.69 Å². The molecule has 2 fully saturated rings. The van der Waals surface area contributed by atoms with Gasteiger partial charge < -0.3 is 24.4 Å². The van der Waals surface area contributed by atoms with E-state index in [-0.39, 0.29) is 5.91 Å². The summed E-state index contributed by atoms with van der Waals surface area (Å²) >= 11 is 0. The molecule has 0 unspecified atom stereocenters. The van der Waals surface area contributed by atoms with Gasteiger partial charge in [-0.15, -0.1) is 0 Å². The second-order valence-corrected chi connectivity index (χ2v) is 6.66. The largest absolute Gasteiger partial charge is 0.378 e. The molecule has 1 aromatic rings. The summed E-state index contributed by atoms with van der Waals surface area (Å²) in [5.74, 6) is 2.17. The molecule has 0 aromatic carbocycles. The average molecular weight is 379 g/mol. The first kappa shape index (κ1) is 19.6. The number of amides is 1. The lowest BCUT2D eigenvalue weighted by molar-refractivity contribution is -0.136. The molecular formula is C17H29N7O3. The Labute approximate surface area is 159 Å². The molecule has 0 aliphatic carbocycles. The van der Waals surface area contributed by atoms with Crippen LogP contribution < -0.4 is 5.32 Å². The zero-order valence-corrected chi connectivity index (χ0v) is 16.2. The number of hydrogen-bond acceptors (Lipinski definition) is 7. The molecule has 27 heavy (non-hydrogen) atoms. The number of carbonyl (C=O) groups excluding carboxylic acids is 1. The Kier molecular flexibility index (Phi) is 6.99. The van der Waals surface area contributed by atoms with Crippen molar-refractivity contribution in [2.24, 2.45) is 4.99 Å². The van der Waals surface area contributed by atoms with Crippen molar-refractivity contribution in [3.8, 4) is 0 Å². The van der Waals surface area contributed by atoms with Gasteiger partial charge in [0.2, 0.25) is 11.8 Å². The lowest BCUT2D eigenvalue weighted by atomic mass is 10.3. The Morgan fingerprint density at radius 2 is 1.89 bits per heavy atom. The number of nitrogens with zero attached hydrogens (tertiary/aromatic N) is 6. The summed E-state index contributed by atoms with van der Waals surface area (Å²) in [6.07, 6.45) is 0. The van der Waals surface area contributed by atoms with Crippen LogP contribution >= 0.6 is 0 Å². The maximum Gasteiger partial charge on any atom is 0.236 e. The molecule has 0 radical (unpaired) electrons. The predicted molar refractivity (Wildman–Crippen MR) is 99.3 cm³/mol. The fraction of sp³-hybridized carbons (Fsp3) is 0.765. The number of ether oxygens (including phenoxy) is 1. The Hall–Kier alpha value is -2.20. The topological polar surface area (TPSA) is 99.3 Å². The van der Waals surface area contributed by atoms with Crippen LogP contribution in [0.1, 0.15) is 18.6 Å². The van der Waals surface area contributed by atoms with Crippen LogP contribution in [-0.4, -0.2) is 102 Å². The Morgan fingerprint density at radius 1 is 1.15 bits per heavy atom. The molecule has 1 amide bonds. The minimum atomic E-state index is 0.194. The van der Waals surface area contributed by atoms with Crippen LogP contribution in [-0.2, 0) is 16.1 Å². The van der Waals surface area contributed by atoms with Gasteiger partial charge in [-0.1, -0.05) is 5.16 Å². The molecule has 0 saturated carbocycles. The highest BCUT2D eigenvalue weighted by atomic mass is 16.5. The number of guanidine groups is 1. The van der Waals surface area contributed by atoms with Gasteiger partial charge in [-0.2, -0.15) is 4.98 Å². The molecule has 10 nitrogen and oxygen atoms in total. The van der Waals surface area contributed by atoms with E-state index in [0.717, 1.165) is 38.7 Å². The molecule has 2 aliphatic heterocycles. The predicted octanol–water partition coefficient (Wildman–Crippen LogP) is -0.680. The summed E-state index contributed by atoms with van der Waals surface area (Å²) in [7, 11) is 0. The van der Waals surface area contributed by atoms with Gasteiger partial charge in [-0.25, -0.2) is 4.99 Å². The van der Waals surface area contributed by atoms with Crippen LogP contribution in [0.25, 0.3) is 0 Å². The van der Waals surface area contributed by atoms with Gasteiger partial charge in [0, 0.05) is 52.7 Å². The van der Waals surface area contributed by atoms with Crippen molar-refractivity contribution in [2.45, 2.75) is 20.4 Å². The number of rotatable bonds is 5. The Bertz CT molecular complexity index is 634. The number of aromatic nitrogens is 2. The molecule has 3 rings (SSSR count). The van der Waals surface area contributed by atoms with E-state index in [1.165, 1.54) is 0 Å². The Morgan fingerprint density at radius 3 is 2.52 bits per heavy atom. The van der Waals surface area contributed by atoms with Gasteiger partial charge >= 0.3 is 0 Å². The maximum atomic E-state index is 12.4. The summed E-state index contributed by atoms with van der Waals surface area (Å²) in [4.78, 5) is 27.5. The molecule has 0 atom stereocenters. The minimum Gasteiger partial charge on any atom is -0.378 e. The average Bonchev–Trinajstić information content (AvgIpc) is 3.12. The van der Waals surface area contributed by atoms with Gasteiger partial charge in [-0.05, 0) is 6.92 Å². The van der Waals surface area contributed by atoms with Crippen LogP contribution in [0.15, 0.2) is 9.52 Å². The molecular weight excluding hydrogens is 350 g/mol. The highest BCUT2D eigenvalue weighted by Crippen LogP contribution is 2.06. The highest BCUT2D eigenvalue weighted by Gasteiger charge is 2.24. The first-order valence-corrected chi connectivity index (χ1v) is 9.56. The van der Waals surface area contributed by atoms with Crippen molar-refractivity contribution < 1.29 is 14.1 Å². The van der Waals surface area contributed by atoms with Crippen LogP contribution in [0, 0.1) is 6.92 Å². The first-order chi connectivity index (χ1) is 13.2. The van der Waals surface area contributed by atoms with Crippen molar-refractivity contribution >= 4 is 11.9 Å². The number of hydrogen-bond donors (Lipinski definition) is 1. The number of nitrogens with one attached hydrogen (secondary N) is 1. The minimum absolute atomic E-state index is 0.194. The summed E-state index contributed by atoms with van der Waals surface area (Å²) < 4.78 is 10.3. The lowest BCUT2D eigenvalue weighted by Gasteiger charge is -2.37. The maximum absolute atomic E-state index is 12.4. The molecule has 3 heterocycles. The second kappa shape index (κ2) is 9.65. The number of piperazine rings is 1. The van der Waals surface area contributed by atoms with E-state index in [1.807, 2.05) is 11.8 Å². The standard InChI is InChI=1S/C17H29N7O3/c1-3-18-17(19-12-15-20-14(2)27-21-15)24-6-4-22(5-7-24)13-16(25)23-8-10-26-11-9-23/h3-13H2,1-2H3,(H,18,19). The van der Waals surface area contributed by atoms with Crippen LogP contribution in [0.2, 0.25) is 0 Å². The van der Waals surface area contributed by atoms with E-state index >= 15 is 0 Å². The zero-order chi connectivity index (χ0) is 19.1. The third-order valence-electron chi connectivity index (χ3n) is 4.67. The SMILES string of the molecule is CCNC(=NCc1noc(C)n1)N1CCN(CC(=O)N2CCOCC2)CC1. The fourth-order valence-corrected chi connectivity index (χ4v) is 3.20. The quantitative estimate of drug-likeness (QED) is 0.531. The monoisotopic (exact) mass is 379 g/mol. The third kappa shape index (κ3) is 5.64. The van der Waals surface area contributed by atoms with Gasteiger partial charge in [0.25, 0.3) is 0 Å². The second-order valence-electron chi connectivity index (χ2n) is 6.66. The molecule has 10 heteroatoms. The molecule has 2 saturated heterocycles. The lowest BCUT2D eigenvalue weighted by Crippen LogP contribution is -2.54. The molecule has 2 aliphatic rings. The number of carbonyl (C=O) groups is 1. The van der Waals surface area contributed by atoms with Gasteiger partial charge in [0.1, 0.15) is 6.54 Å². The number of aryl methyl sites for hydroxylation is 1. The Balaban J connectivity index is 1.48. The summed E-state index contributed by atoms with van der Waals surface area (Å²) in [6, 6.07) is 0. The number of aliphatic imine (C=N–C) groups is 1. The van der Waals surface area contributed by atoms with Gasteiger partial charge in [0.05, 0.1) is 19.8 Å². The normalized spacial score (nSPS) is 19.4. The van der Waals surface area contributed by atoms with Crippen molar-refractivity contribution in [2.75, 3.05) is 65.6 Å². The highest BCUT2D eigenvalue weighted by molar-refractivity contribution is 5.80. The molecule has 0 bridgehead atoms. The smallest absolute Gasteiger partial charge is 0.236 e. The zero-order valence-electron chi connectivity index (χ0n) is 16.2. The van der Waals surface area contributed by atoms with Crippen LogP contribution in [0.5, 0.6) is 0 Å². The molecule has 1 N–H and O–H groups in total. The molecule has 150 valence electrons. The van der Waals surface area contributed by atoms with E-state index in [4.69, 9.17) is 9.26 Å². The van der Waals surface area contributed by atoms with Crippen molar-refractivity contribution in [3.05, 3.63) is 11.7 Å². The molecule has 1 aromatic heterocycles. The summed E-state index contributed by atoms with van der Waals surface area (Å²) in [5, 5.41) is 7.20. The van der Waals surface area contributed by atoms with E-state index in [2.05, 4.69) is 30.2 Å². The third-order valence-corrected chi connectivity index (χ3v) is 4.67. The van der Waals surface area contributed by atoms with Gasteiger partial charge in [0.15, 0.2) is 11.8 Å². The van der Waals surface area contributed by atoms with Crippen molar-refractivity contribution in [1.82, 2.24) is 30.2 Å². The fourth-order valence-electron chi connectivity index (χ4n) is 3.20.